The SMILES string of the molecule is C=C[C@H]1C[C@]2(C)[C@H](CC[C@@H]3[C@@]4(C)CC[C@H](O)C(C)(C)[C@@H]4CC[C@]32C)C2=C(C(C)C)C(=O)CC21. The summed E-state index contributed by atoms with van der Waals surface area (Å²) >= 11 is 0. The van der Waals surface area contributed by atoms with Gasteiger partial charge in [-0.1, -0.05) is 60.1 Å². The van der Waals surface area contributed by atoms with E-state index >= 15 is 0 Å². The van der Waals surface area contributed by atoms with Crippen molar-refractivity contribution in [1.29, 1.82) is 0 Å². The lowest BCUT2D eigenvalue weighted by Crippen LogP contribution is -2.65. The van der Waals surface area contributed by atoms with Crippen molar-refractivity contribution in [2.45, 2.75) is 106 Å². The van der Waals surface area contributed by atoms with E-state index in [2.05, 4.69) is 61.1 Å². The van der Waals surface area contributed by atoms with E-state index in [1.165, 1.54) is 37.7 Å². The Kier molecular flexibility index (Phi) is 5.28. The summed E-state index contributed by atoms with van der Waals surface area (Å²) in [4.78, 5) is 13.2. The number of aliphatic hydroxyl groups is 1. The number of aliphatic hydroxyl groups excluding tert-OH is 1. The first kappa shape index (κ1) is 23.8. The molecule has 4 saturated carbocycles. The van der Waals surface area contributed by atoms with Crippen LogP contribution in [0.25, 0.3) is 0 Å². The van der Waals surface area contributed by atoms with Gasteiger partial charge in [-0.2, -0.15) is 0 Å². The molecule has 2 nitrogen and oxygen atoms in total. The van der Waals surface area contributed by atoms with Gasteiger partial charge in [0.2, 0.25) is 0 Å². The van der Waals surface area contributed by atoms with Crippen LogP contribution in [-0.4, -0.2) is 17.0 Å². The predicted molar refractivity (Wildman–Crippen MR) is 136 cm³/mol. The standard InChI is InChI=1S/C31H48O2/c1-9-19-17-31(8)21(27-20(19)16-22(32)26(27)18(2)3)10-11-24-29(6)14-13-25(33)28(4,5)23(29)12-15-30(24,31)7/h9,18-21,23-25,33H,1,10-17H2,2-8H3/t19-,20?,21+,23-,24+,25-,29-,30+,31+/m0/s1. The fourth-order valence-corrected chi connectivity index (χ4v) is 10.9. The second-order valence-corrected chi connectivity index (χ2v) is 14.4. The average Bonchev–Trinajstić information content (AvgIpc) is 3.08. The van der Waals surface area contributed by atoms with Crippen molar-refractivity contribution in [2.75, 3.05) is 0 Å². The number of allylic oxidation sites excluding steroid dienone is 3. The minimum absolute atomic E-state index is 0.00138. The molecule has 2 heteroatoms. The Morgan fingerprint density at radius 2 is 1.67 bits per heavy atom. The number of hydrogen-bond acceptors (Lipinski definition) is 2. The Morgan fingerprint density at radius 1 is 0.970 bits per heavy atom. The number of carbonyl (C=O) groups excluding carboxylic acids is 1. The molecule has 5 rings (SSSR count). The Morgan fingerprint density at radius 3 is 2.30 bits per heavy atom. The minimum atomic E-state index is -0.171. The van der Waals surface area contributed by atoms with Crippen LogP contribution in [0.15, 0.2) is 23.8 Å². The Labute approximate surface area is 202 Å². The first-order valence-corrected chi connectivity index (χ1v) is 13.9. The van der Waals surface area contributed by atoms with Crippen LogP contribution >= 0.6 is 0 Å². The van der Waals surface area contributed by atoms with E-state index in [0.717, 1.165) is 19.3 Å². The maximum Gasteiger partial charge on any atom is 0.159 e. The van der Waals surface area contributed by atoms with Gasteiger partial charge in [0, 0.05) is 6.42 Å². The highest BCUT2D eigenvalue weighted by atomic mass is 16.3. The molecule has 1 N–H and O–H groups in total. The summed E-state index contributed by atoms with van der Waals surface area (Å²) in [5.74, 6) is 3.41. The summed E-state index contributed by atoms with van der Waals surface area (Å²) in [6.07, 6.45) is 11.0. The second-order valence-electron chi connectivity index (χ2n) is 14.4. The van der Waals surface area contributed by atoms with Crippen molar-refractivity contribution in [3.63, 3.8) is 0 Å². The van der Waals surface area contributed by atoms with Crippen molar-refractivity contribution < 1.29 is 9.90 Å². The predicted octanol–water partition coefficient (Wildman–Crippen LogP) is 7.37. The number of fused-ring (bicyclic) bond motifs is 7. The molecule has 0 aromatic heterocycles. The Bertz CT molecular complexity index is 895. The lowest BCUT2D eigenvalue weighted by atomic mass is 9.33. The molecule has 0 aromatic rings. The van der Waals surface area contributed by atoms with Crippen LogP contribution in [-0.2, 0) is 4.79 Å². The van der Waals surface area contributed by atoms with Crippen LogP contribution in [0.5, 0.6) is 0 Å². The molecule has 0 aliphatic heterocycles. The summed E-state index contributed by atoms with van der Waals surface area (Å²) in [5, 5.41) is 10.9. The van der Waals surface area contributed by atoms with E-state index in [1.807, 2.05) is 0 Å². The van der Waals surface area contributed by atoms with Crippen molar-refractivity contribution in [2.24, 2.45) is 57.2 Å². The highest BCUT2D eigenvalue weighted by Gasteiger charge is 2.69. The summed E-state index contributed by atoms with van der Waals surface area (Å²) in [6, 6.07) is 0. The van der Waals surface area contributed by atoms with Crippen molar-refractivity contribution in [1.82, 2.24) is 0 Å². The molecule has 33 heavy (non-hydrogen) atoms. The Hall–Kier alpha value is -0.890. The van der Waals surface area contributed by atoms with Crippen molar-refractivity contribution in [3.8, 4) is 0 Å². The average molecular weight is 453 g/mol. The molecule has 184 valence electrons. The summed E-state index contributed by atoms with van der Waals surface area (Å²) < 4.78 is 0. The van der Waals surface area contributed by atoms with E-state index in [9.17, 15) is 9.90 Å². The van der Waals surface area contributed by atoms with E-state index in [-0.39, 0.29) is 22.3 Å². The van der Waals surface area contributed by atoms with Crippen molar-refractivity contribution in [3.05, 3.63) is 23.8 Å². The molecule has 9 atom stereocenters. The van der Waals surface area contributed by atoms with Crippen LogP contribution in [0, 0.1) is 57.2 Å². The molecule has 1 unspecified atom stereocenters. The number of carbonyl (C=O) groups is 1. The lowest BCUT2D eigenvalue weighted by Gasteiger charge is -2.72. The maximum absolute atomic E-state index is 13.2. The van der Waals surface area contributed by atoms with E-state index in [4.69, 9.17) is 0 Å². The van der Waals surface area contributed by atoms with Gasteiger partial charge < -0.3 is 5.11 Å². The zero-order valence-electron chi connectivity index (χ0n) is 22.3. The molecule has 0 amide bonds. The summed E-state index contributed by atoms with van der Waals surface area (Å²) in [7, 11) is 0. The van der Waals surface area contributed by atoms with Crippen LogP contribution < -0.4 is 0 Å². The van der Waals surface area contributed by atoms with Gasteiger partial charge >= 0.3 is 0 Å². The quantitative estimate of drug-likeness (QED) is 0.444. The van der Waals surface area contributed by atoms with E-state index in [0.29, 0.717) is 46.7 Å². The molecular weight excluding hydrogens is 404 g/mol. The van der Waals surface area contributed by atoms with Crippen LogP contribution in [0.1, 0.15) is 99.8 Å². The fourth-order valence-electron chi connectivity index (χ4n) is 10.9. The van der Waals surface area contributed by atoms with E-state index < -0.39 is 0 Å². The number of rotatable bonds is 2. The normalized spacial score (nSPS) is 51.0. The molecule has 0 spiro atoms. The molecular formula is C31H48O2. The molecule has 5 aliphatic carbocycles. The van der Waals surface area contributed by atoms with Gasteiger partial charge in [-0.05, 0) is 108 Å². The largest absolute Gasteiger partial charge is 0.393 e. The van der Waals surface area contributed by atoms with Crippen LogP contribution in [0.3, 0.4) is 0 Å². The van der Waals surface area contributed by atoms with Crippen LogP contribution in [0.2, 0.25) is 0 Å². The zero-order valence-corrected chi connectivity index (χ0v) is 22.3. The minimum Gasteiger partial charge on any atom is -0.393 e. The summed E-state index contributed by atoms with van der Waals surface area (Å²) in [6.45, 7) is 21.2. The molecule has 0 saturated heterocycles. The third-order valence-electron chi connectivity index (χ3n) is 12.7. The Balaban J connectivity index is 1.62. The highest BCUT2D eigenvalue weighted by Crippen LogP contribution is 2.76. The smallest absolute Gasteiger partial charge is 0.159 e. The monoisotopic (exact) mass is 452 g/mol. The third-order valence-corrected chi connectivity index (χ3v) is 12.7. The van der Waals surface area contributed by atoms with Gasteiger partial charge in [0.15, 0.2) is 5.78 Å². The molecule has 5 aliphatic rings. The highest BCUT2D eigenvalue weighted by molar-refractivity contribution is 6.00. The molecule has 0 bridgehead atoms. The van der Waals surface area contributed by atoms with Gasteiger partial charge in [-0.3, -0.25) is 4.79 Å². The lowest BCUT2D eigenvalue weighted by molar-refractivity contribution is -0.228. The molecule has 0 aromatic carbocycles. The molecule has 4 fully saturated rings. The summed E-state index contributed by atoms with van der Waals surface area (Å²) in [5.41, 5.74) is 3.52. The second kappa shape index (κ2) is 7.31. The van der Waals surface area contributed by atoms with Gasteiger partial charge in [-0.15, -0.1) is 6.58 Å². The van der Waals surface area contributed by atoms with Gasteiger partial charge in [0.1, 0.15) is 0 Å². The topological polar surface area (TPSA) is 37.3 Å². The van der Waals surface area contributed by atoms with Gasteiger partial charge in [-0.25, -0.2) is 0 Å². The third kappa shape index (κ3) is 2.85. The first-order chi connectivity index (χ1) is 15.3. The number of ketones is 1. The molecule has 0 heterocycles. The maximum atomic E-state index is 13.2. The number of Topliss-reactive ketones (excluding diaryl/α,β-unsaturated/α-hetero) is 1. The first-order valence-electron chi connectivity index (χ1n) is 13.9. The zero-order chi connectivity index (χ0) is 24.1. The van der Waals surface area contributed by atoms with Gasteiger partial charge in [0.25, 0.3) is 0 Å². The van der Waals surface area contributed by atoms with Crippen LogP contribution in [0.4, 0.5) is 0 Å². The number of hydrogen-bond donors (Lipinski definition) is 1. The fraction of sp³-hybridized carbons (Fsp3) is 0.839. The van der Waals surface area contributed by atoms with E-state index in [1.54, 1.807) is 5.57 Å². The van der Waals surface area contributed by atoms with Crippen molar-refractivity contribution >= 4 is 5.78 Å². The molecule has 0 radical (unpaired) electrons. The van der Waals surface area contributed by atoms with Gasteiger partial charge in [0.05, 0.1) is 6.10 Å².